The van der Waals surface area contributed by atoms with Gasteiger partial charge in [-0.1, -0.05) is 13.2 Å². The Hall–Kier alpha value is -2.88. The Morgan fingerprint density at radius 3 is 1.45 bits per heavy atom. The number of aliphatic hydroxyl groups is 3. The summed E-state index contributed by atoms with van der Waals surface area (Å²) in [5.41, 5.74) is 0.352. The van der Waals surface area contributed by atoms with Crippen LogP contribution in [0.1, 0.15) is 26.7 Å². The summed E-state index contributed by atoms with van der Waals surface area (Å²) in [7, 11) is 0. The molecule has 0 fully saturated rings. The maximum atomic E-state index is 12.1. The van der Waals surface area contributed by atoms with Gasteiger partial charge in [0.05, 0.1) is 45.9 Å². The maximum Gasteiger partial charge on any atom is 0.333 e. The van der Waals surface area contributed by atoms with Crippen LogP contribution in [-0.2, 0) is 47.6 Å². The van der Waals surface area contributed by atoms with Gasteiger partial charge < -0.3 is 43.7 Å². The second-order valence-corrected chi connectivity index (χ2v) is 8.72. The zero-order valence-electron chi connectivity index (χ0n) is 23.3. The molecule has 0 radical (unpaired) electrons. The molecule has 0 aromatic rings. The van der Waals surface area contributed by atoms with Crippen molar-refractivity contribution in [1.82, 2.24) is 4.90 Å². The third kappa shape index (κ3) is 21.0. The van der Waals surface area contributed by atoms with Gasteiger partial charge >= 0.3 is 23.9 Å². The lowest BCUT2D eigenvalue weighted by atomic mass is 10.3. The highest BCUT2D eigenvalue weighted by molar-refractivity contribution is 5.87. The largest absolute Gasteiger partial charge is 0.463 e. The normalized spacial score (nSPS) is 12.3. The van der Waals surface area contributed by atoms with Crippen LogP contribution in [0.4, 0.5) is 0 Å². The standard InChI is InChI=1S/C26H43NO13/c1-19(2)25(33)39-17-21(29)15-37-23(31)5-7-27(9-11-35-13-14-36-12-10-28)8-6-24(32)38-16-22(30)18-40-26(34)20(3)4/h21-22,28-30H,1,3,5-18H2,2,4H3. The molecule has 0 heterocycles. The molecule has 0 aliphatic heterocycles. The zero-order valence-corrected chi connectivity index (χ0v) is 23.3. The molecule has 0 aliphatic rings. The van der Waals surface area contributed by atoms with Crippen LogP contribution in [-0.4, -0.2) is 135 Å². The fraction of sp³-hybridized carbons (Fsp3) is 0.692. The minimum atomic E-state index is -1.20. The summed E-state index contributed by atoms with van der Waals surface area (Å²) in [4.78, 5) is 48.7. The first kappa shape index (κ1) is 37.1. The first-order valence-electron chi connectivity index (χ1n) is 12.8. The predicted octanol–water partition coefficient (Wildman–Crippen LogP) is -0.859. The third-order valence-corrected chi connectivity index (χ3v) is 4.81. The monoisotopic (exact) mass is 577 g/mol. The quantitative estimate of drug-likeness (QED) is 0.0556. The van der Waals surface area contributed by atoms with Gasteiger partial charge in [0, 0.05) is 30.8 Å². The number of ether oxygens (including phenoxy) is 6. The first-order valence-corrected chi connectivity index (χ1v) is 12.8. The number of hydrogen-bond donors (Lipinski definition) is 3. The van der Waals surface area contributed by atoms with E-state index in [2.05, 4.69) is 13.2 Å². The summed E-state index contributed by atoms with van der Waals surface area (Å²) in [5.74, 6) is -2.54. The van der Waals surface area contributed by atoms with Gasteiger partial charge in [0.25, 0.3) is 0 Å². The van der Waals surface area contributed by atoms with E-state index in [1.807, 2.05) is 0 Å². The van der Waals surface area contributed by atoms with Crippen LogP contribution in [0.2, 0.25) is 0 Å². The number of hydrogen-bond acceptors (Lipinski definition) is 14. The summed E-state index contributed by atoms with van der Waals surface area (Å²) in [6.45, 7) is 10.1. The number of carbonyl (C=O) groups is 4. The van der Waals surface area contributed by atoms with Crippen molar-refractivity contribution in [2.75, 3.05) is 79.1 Å². The van der Waals surface area contributed by atoms with Gasteiger partial charge in [-0.3, -0.25) is 14.5 Å². The van der Waals surface area contributed by atoms with Crippen LogP contribution in [0.25, 0.3) is 0 Å². The Morgan fingerprint density at radius 1 is 0.650 bits per heavy atom. The van der Waals surface area contributed by atoms with Crippen molar-refractivity contribution >= 4 is 23.9 Å². The number of rotatable bonds is 24. The summed E-state index contributed by atoms with van der Waals surface area (Å²) < 4.78 is 30.2. The van der Waals surface area contributed by atoms with Crippen molar-refractivity contribution in [3.8, 4) is 0 Å². The van der Waals surface area contributed by atoms with Crippen molar-refractivity contribution in [3.05, 3.63) is 24.3 Å². The summed E-state index contributed by atoms with van der Waals surface area (Å²) in [5, 5.41) is 28.3. The molecule has 2 unspecified atom stereocenters. The molecule has 0 saturated heterocycles. The van der Waals surface area contributed by atoms with E-state index >= 15 is 0 Å². The van der Waals surface area contributed by atoms with Crippen molar-refractivity contribution in [1.29, 1.82) is 0 Å². The molecule has 2 atom stereocenters. The average Bonchev–Trinajstić information content (AvgIpc) is 2.92. The van der Waals surface area contributed by atoms with Crippen LogP contribution in [0.3, 0.4) is 0 Å². The molecule has 0 aliphatic carbocycles. The molecule has 230 valence electrons. The number of esters is 4. The van der Waals surface area contributed by atoms with Crippen molar-refractivity contribution in [2.45, 2.75) is 38.9 Å². The molecular weight excluding hydrogens is 534 g/mol. The van der Waals surface area contributed by atoms with Gasteiger partial charge in [-0.2, -0.15) is 0 Å². The van der Waals surface area contributed by atoms with E-state index in [1.54, 1.807) is 4.90 Å². The van der Waals surface area contributed by atoms with Crippen LogP contribution in [0.15, 0.2) is 24.3 Å². The van der Waals surface area contributed by atoms with Crippen LogP contribution < -0.4 is 0 Å². The fourth-order valence-electron chi connectivity index (χ4n) is 2.62. The Balaban J connectivity index is 4.54. The van der Waals surface area contributed by atoms with Crippen LogP contribution >= 0.6 is 0 Å². The van der Waals surface area contributed by atoms with Gasteiger partial charge in [0.2, 0.25) is 0 Å². The SMILES string of the molecule is C=C(C)C(=O)OCC(O)COC(=O)CCN(CCOCCOCCO)CCC(=O)OCC(O)COC(=O)C(=C)C. The fourth-order valence-corrected chi connectivity index (χ4v) is 2.62. The molecule has 0 saturated carbocycles. The zero-order chi connectivity index (χ0) is 30.3. The smallest absolute Gasteiger partial charge is 0.333 e. The molecule has 0 aromatic carbocycles. The second-order valence-electron chi connectivity index (χ2n) is 8.72. The highest BCUT2D eigenvalue weighted by atomic mass is 16.6. The Kier molecular flexibility index (Phi) is 21.2. The van der Waals surface area contributed by atoms with E-state index in [4.69, 9.17) is 33.5 Å². The van der Waals surface area contributed by atoms with E-state index in [9.17, 15) is 29.4 Å². The maximum absolute atomic E-state index is 12.1. The van der Waals surface area contributed by atoms with Crippen LogP contribution in [0.5, 0.6) is 0 Å². The van der Waals surface area contributed by atoms with E-state index in [-0.39, 0.29) is 83.3 Å². The second kappa shape index (κ2) is 22.9. The number of aliphatic hydroxyl groups excluding tert-OH is 3. The molecule has 0 aromatic heterocycles. The average molecular weight is 578 g/mol. The van der Waals surface area contributed by atoms with Crippen LogP contribution in [0, 0.1) is 0 Å². The molecular formula is C26H43NO13. The highest BCUT2D eigenvalue weighted by Gasteiger charge is 2.16. The van der Waals surface area contributed by atoms with E-state index in [0.29, 0.717) is 19.8 Å². The summed E-state index contributed by atoms with van der Waals surface area (Å²) in [6.07, 6.45) is -2.50. The number of nitrogens with zero attached hydrogens (tertiary/aromatic N) is 1. The first-order chi connectivity index (χ1) is 19.0. The van der Waals surface area contributed by atoms with Gasteiger partial charge in [-0.25, -0.2) is 9.59 Å². The minimum absolute atomic E-state index is 0.0558. The number of carbonyl (C=O) groups excluding carboxylic acids is 4. The molecule has 0 amide bonds. The topological polar surface area (TPSA) is 188 Å². The Morgan fingerprint density at radius 2 is 1.05 bits per heavy atom. The Bertz CT molecular complexity index is 745. The molecule has 0 bridgehead atoms. The van der Waals surface area contributed by atoms with Crippen molar-refractivity contribution in [2.24, 2.45) is 0 Å². The van der Waals surface area contributed by atoms with Gasteiger partial charge in [0.15, 0.2) is 0 Å². The third-order valence-electron chi connectivity index (χ3n) is 4.81. The lowest BCUT2D eigenvalue weighted by Gasteiger charge is -2.22. The molecule has 0 spiro atoms. The van der Waals surface area contributed by atoms with Crippen molar-refractivity contribution < 1.29 is 62.9 Å². The molecule has 40 heavy (non-hydrogen) atoms. The van der Waals surface area contributed by atoms with E-state index < -0.39 is 36.1 Å². The van der Waals surface area contributed by atoms with Gasteiger partial charge in [0.1, 0.15) is 38.6 Å². The molecule has 3 N–H and O–H groups in total. The summed E-state index contributed by atoms with van der Waals surface area (Å²) >= 11 is 0. The summed E-state index contributed by atoms with van der Waals surface area (Å²) in [6, 6.07) is 0. The minimum Gasteiger partial charge on any atom is -0.463 e. The van der Waals surface area contributed by atoms with Gasteiger partial charge in [-0.05, 0) is 13.8 Å². The van der Waals surface area contributed by atoms with Crippen molar-refractivity contribution in [3.63, 3.8) is 0 Å². The predicted molar refractivity (Wildman–Crippen MR) is 140 cm³/mol. The van der Waals surface area contributed by atoms with Gasteiger partial charge in [-0.15, -0.1) is 0 Å². The Labute approximate surface area is 234 Å². The molecule has 14 heteroatoms. The van der Waals surface area contributed by atoms with E-state index in [0.717, 1.165) is 0 Å². The lowest BCUT2D eigenvalue weighted by molar-refractivity contribution is -0.151. The molecule has 0 rings (SSSR count). The molecule has 14 nitrogen and oxygen atoms in total. The van der Waals surface area contributed by atoms with E-state index in [1.165, 1.54) is 13.8 Å². The lowest BCUT2D eigenvalue weighted by Crippen LogP contribution is -2.34. The highest BCUT2D eigenvalue weighted by Crippen LogP contribution is 2.02.